The summed E-state index contributed by atoms with van der Waals surface area (Å²) in [5.74, 6) is 2.16. The molecule has 1 aliphatic heterocycles. The molecule has 190 valence electrons. The normalized spacial score (nSPS) is 23.4. The fourth-order valence-electron chi connectivity index (χ4n) is 7.09. The lowest BCUT2D eigenvalue weighted by Gasteiger charge is -2.35. The van der Waals surface area contributed by atoms with Crippen LogP contribution in [0.15, 0.2) is 36.7 Å². The average Bonchev–Trinajstić information content (AvgIpc) is 3.65. The van der Waals surface area contributed by atoms with Crippen LogP contribution >= 0.6 is 0 Å². The minimum Gasteiger partial charge on any atom is -0.342 e. The highest BCUT2D eigenvalue weighted by Gasteiger charge is 2.44. The number of hydrogen-bond acceptors (Lipinski definition) is 4. The molecule has 2 bridgehead atoms. The smallest absolute Gasteiger partial charge is 0.255 e. The summed E-state index contributed by atoms with van der Waals surface area (Å²) in [5, 5.41) is 13.3. The maximum atomic E-state index is 13.3. The number of nitrogens with one attached hydrogen (secondary N) is 1. The summed E-state index contributed by atoms with van der Waals surface area (Å²) in [6.07, 6.45) is 10.7. The van der Waals surface area contributed by atoms with Gasteiger partial charge in [-0.05, 0) is 86.1 Å². The zero-order chi connectivity index (χ0) is 25.7. The predicted molar refractivity (Wildman–Crippen MR) is 142 cm³/mol. The fraction of sp³-hybridized carbons (Fsp3) is 0.467. The maximum Gasteiger partial charge on any atom is 0.255 e. The molecule has 1 saturated heterocycles. The fourth-order valence-corrected chi connectivity index (χ4v) is 7.09. The number of rotatable bonds is 4. The minimum atomic E-state index is -0.258. The molecule has 1 aromatic carbocycles. The van der Waals surface area contributed by atoms with Crippen molar-refractivity contribution in [1.82, 2.24) is 14.5 Å². The van der Waals surface area contributed by atoms with E-state index >= 15 is 0 Å². The van der Waals surface area contributed by atoms with Gasteiger partial charge in [0.1, 0.15) is 5.65 Å². The number of benzene rings is 1. The molecule has 7 heteroatoms. The van der Waals surface area contributed by atoms with Gasteiger partial charge in [0, 0.05) is 43.2 Å². The van der Waals surface area contributed by atoms with Crippen molar-refractivity contribution in [2.75, 3.05) is 18.4 Å². The van der Waals surface area contributed by atoms with Gasteiger partial charge in [-0.3, -0.25) is 9.59 Å². The molecule has 2 unspecified atom stereocenters. The van der Waals surface area contributed by atoms with Crippen LogP contribution in [0.25, 0.3) is 11.0 Å². The van der Waals surface area contributed by atoms with E-state index in [4.69, 9.17) is 5.26 Å². The third-order valence-corrected chi connectivity index (χ3v) is 9.08. The Morgan fingerprint density at radius 1 is 1.14 bits per heavy atom. The molecule has 3 heterocycles. The summed E-state index contributed by atoms with van der Waals surface area (Å²) in [6, 6.07) is 8.78. The lowest BCUT2D eigenvalue weighted by Crippen LogP contribution is -2.42. The van der Waals surface area contributed by atoms with Gasteiger partial charge < -0.3 is 14.8 Å². The van der Waals surface area contributed by atoms with Crippen molar-refractivity contribution in [3.8, 4) is 6.07 Å². The molecule has 0 radical (unpaired) electrons. The summed E-state index contributed by atoms with van der Waals surface area (Å²) >= 11 is 0. The Labute approximate surface area is 217 Å². The van der Waals surface area contributed by atoms with Crippen molar-refractivity contribution < 1.29 is 9.59 Å². The molecule has 6 rings (SSSR count). The monoisotopic (exact) mass is 495 g/mol. The average molecular weight is 496 g/mol. The summed E-state index contributed by atoms with van der Waals surface area (Å²) in [6.45, 7) is 3.65. The zero-order valence-electron chi connectivity index (χ0n) is 21.5. The standard InChI is InChI=1S/C30H33N5O2/c1-18-26(33-29(36)23-5-3-4-20(13-23)15-31)16-32-28-27(18)25(17-34(28)2)21-8-10-35(11-9-21)30(37)24-14-19-6-7-22(24)12-19/h3-5,13,16-17,19,21-22,24H,6-12,14H2,1-2H3,(H,33,36)/t19?,22-,24?/m1/s1. The van der Waals surface area contributed by atoms with Crippen molar-refractivity contribution in [3.63, 3.8) is 0 Å². The number of pyridine rings is 1. The van der Waals surface area contributed by atoms with Gasteiger partial charge in [0.15, 0.2) is 0 Å². The van der Waals surface area contributed by atoms with Gasteiger partial charge in [0.2, 0.25) is 5.91 Å². The van der Waals surface area contributed by atoms with Crippen molar-refractivity contribution in [3.05, 3.63) is 58.9 Å². The van der Waals surface area contributed by atoms with E-state index in [9.17, 15) is 9.59 Å². The number of nitriles is 1. The Morgan fingerprint density at radius 3 is 2.65 bits per heavy atom. The lowest BCUT2D eigenvalue weighted by atomic mass is 9.85. The van der Waals surface area contributed by atoms with Gasteiger partial charge in [0.05, 0.1) is 23.5 Å². The van der Waals surface area contributed by atoms with Gasteiger partial charge in [-0.25, -0.2) is 4.98 Å². The van der Waals surface area contributed by atoms with Crippen LogP contribution in [0.2, 0.25) is 0 Å². The Bertz CT molecular complexity index is 1430. The quantitative estimate of drug-likeness (QED) is 0.542. The summed E-state index contributed by atoms with van der Waals surface area (Å²) in [5.41, 5.74) is 4.71. The molecule has 3 atom stereocenters. The number of carbonyl (C=O) groups excluding carboxylic acids is 2. The van der Waals surface area contributed by atoms with Crippen LogP contribution in [0.4, 0.5) is 5.69 Å². The van der Waals surface area contributed by atoms with Crippen molar-refractivity contribution in [2.45, 2.75) is 51.4 Å². The molecule has 1 N–H and O–H groups in total. The first-order valence-corrected chi connectivity index (χ1v) is 13.5. The second-order valence-corrected chi connectivity index (χ2v) is 11.2. The van der Waals surface area contributed by atoms with E-state index in [0.717, 1.165) is 54.9 Å². The Balaban J connectivity index is 1.21. The van der Waals surface area contributed by atoms with E-state index in [-0.39, 0.29) is 11.8 Å². The van der Waals surface area contributed by atoms with Crippen LogP contribution in [0.3, 0.4) is 0 Å². The van der Waals surface area contributed by atoms with Crippen molar-refractivity contribution >= 4 is 28.5 Å². The largest absolute Gasteiger partial charge is 0.342 e. The molecule has 2 aliphatic carbocycles. The molecule has 0 spiro atoms. The highest BCUT2D eigenvalue weighted by atomic mass is 16.2. The van der Waals surface area contributed by atoms with Gasteiger partial charge in [-0.1, -0.05) is 12.5 Å². The highest BCUT2D eigenvalue weighted by Crippen LogP contribution is 2.49. The Kier molecular flexibility index (Phi) is 5.98. The van der Waals surface area contributed by atoms with Crippen LogP contribution in [0, 0.1) is 36.0 Å². The first-order valence-electron chi connectivity index (χ1n) is 13.5. The third kappa shape index (κ3) is 4.19. The molecule has 3 aliphatic rings. The number of aryl methyl sites for hydroxylation is 2. The van der Waals surface area contributed by atoms with E-state index < -0.39 is 0 Å². The molecular weight excluding hydrogens is 462 g/mol. The van der Waals surface area contributed by atoms with E-state index in [0.29, 0.717) is 34.6 Å². The second kappa shape index (κ2) is 9.33. The first-order chi connectivity index (χ1) is 17.9. The van der Waals surface area contributed by atoms with Crippen molar-refractivity contribution in [1.29, 1.82) is 5.26 Å². The maximum absolute atomic E-state index is 13.3. The Morgan fingerprint density at radius 2 is 1.95 bits per heavy atom. The SMILES string of the molecule is Cc1c(NC(=O)c2cccc(C#N)c2)cnc2c1c(C1CCN(C(=O)C3CC4CC[C@@H]3C4)CC1)cn2C. The first kappa shape index (κ1) is 23.7. The number of carbonyl (C=O) groups is 2. The Hall–Kier alpha value is -3.66. The van der Waals surface area contributed by atoms with E-state index in [2.05, 4.69) is 32.0 Å². The number of hydrogen-bond donors (Lipinski definition) is 1. The number of anilines is 1. The van der Waals surface area contributed by atoms with Gasteiger partial charge in [-0.15, -0.1) is 0 Å². The van der Waals surface area contributed by atoms with Crippen LogP contribution < -0.4 is 5.32 Å². The summed E-state index contributed by atoms with van der Waals surface area (Å²) in [4.78, 5) is 33.0. The van der Waals surface area contributed by atoms with Crippen molar-refractivity contribution in [2.24, 2.45) is 24.8 Å². The van der Waals surface area contributed by atoms with Gasteiger partial charge in [-0.2, -0.15) is 5.26 Å². The number of likely N-dealkylation sites (tertiary alicyclic amines) is 1. The van der Waals surface area contributed by atoms with Crippen LogP contribution in [-0.4, -0.2) is 39.4 Å². The van der Waals surface area contributed by atoms with Gasteiger partial charge >= 0.3 is 0 Å². The van der Waals surface area contributed by atoms with Crippen LogP contribution in [-0.2, 0) is 11.8 Å². The molecule has 2 amide bonds. The molecular formula is C30H33N5O2. The molecule has 3 aromatic rings. The highest BCUT2D eigenvalue weighted by molar-refractivity contribution is 6.06. The van der Waals surface area contributed by atoms with E-state index in [1.165, 1.54) is 24.8 Å². The topological polar surface area (TPSA) is 91.0 Å². The molecule has 3 fully saturated rings. The second-order valence-electron chi connectivity index (χ2n) is 11.2. The number of piperidine rings is 1. The molecule has 7 nitrogen and oxygen atoms in total. The number of nitrogens with zero attached hydrogens (tertiary/aromatic N) is 4. The number of fused-ring (bicyclic) bond motifs is 3. The molecule has 37 heavy (non-hydrogen) atoms. The van der Waals surface area contributed by atoms with Crippen LogP contribution in [0.5, 0.6) is 0 Å². The van der Waals surface area contributed by atoms with Crippen LogP contribution in [0.1, 0.15) is 71.5 Å². The van der Waals surface area contributed by atoms with E-state index in [1.807, 2.05) is 14.0 Å². The third-order valence-electron chi connectivity index (χ3n) is 9.08. The number of aromatic nitrogens is 2. The predicted octanol–water partition coefficient (Wildman–Crippen LogP) is 5.15. The van der Waals surface area contributed by atoms with Gasteiger partial charge in [0.25, 0.3) is 5.91 Å². The lowest BCUT2D eigenvalue weighted by molar-refractivity contribution is -0.138. The summed E-state index contributed by atoms with van der Waals surface area (Å²) < 4.78 is 2.06. The molecule has 2 aromatic heterocycles. The van der Waals surface area contributed by atoms with E-state index in [1.54, 1.807) is 30.5 Å². The summed E-state index contributed by atoms with van der Waals surface area (Å²) in [7, 11) is 2.01. The zero-order valence-corrected chi connectivity index (χ0v) is 21.5. The number of amides is 2. The molecule has 2 saturated carbocycles. The minimum absolute atomic E-state index is 0.258.